The van der Waals surface area contributed by atoms with Gasteiger partial charge in [-0.3, -0.25) is 10.1 Å². The minimum atomic E-state index is -0.394. The molecule has 1 amide bonds. The fourth-order valence-electron chi connectivity index (χ4n) is 3.70. The predicted octanol–water partition coefficient (Wildman–Crippen LogP) is 6.27. The predicted molar refractivity (Wildman–Crippen MR) is 123 cm³/mol. The second kappa shape index (κ2) is 8.24. The van der Waals surface area contributed by atoms with Gasteiger partial charge in [-0.15, -0.1) is 11.3 Å². The molecule has 2 heterocycles. The van der Waals surface area contributed by atoms with E-state index in [1.807, 2.05) is 5.38 Å². The summed E-state index contributed by atoms with van der Waals surface area (Å²) in [5, 5.41) is 9.73. The van der Waals surface area contributed by atoms with Crippen molar-refractivity contribution >= 4 is 34.0 Å². The number of hydrogen-bond acceptors (Lipinski definition) is 4. The summed E-state index contributed by atoms with van der Waals surface area (Å²) < 4.78 is 14.6. The first kappa shape index (κ1) is 21.2. The molecule has 2 aromatic carbocycles. The number of aryl methyl sites for hydroxylation is 4. The zero-order valence-electron chi connectivity index (χ0n) is 17.5. The number of rotatable bonds is 4. The van der Waals surface area contributed by atoms with E-state index in [2.05, 4.69) is 48.3 Å². The van der Waals surface area contributed by atoms with E-state index in [0.717, 1.165) is 22.4 Å². The maximum Gasteiger partial charge on any atom is 0.262 e. The third kappa shape index (κ3) is 4.11. The van der Waals surface area contributed by atoms with E-state index in [0.29, 0.717) is 16.5 Å². The van der Waals surface area contributed by atoms with Crippen molar-refractivity contribution in [1.82, 2.24) is 14.8 Å². The quantitative estimate of drug-likeness (QED) is 0.395. The van der Waals surface area contributed by atoms with Gasteiger partial charge in [-0.1, -0.05) is 29.3 Å². The van der Waals surface area contributed by atoms with Crippen LogP contribution >= 0.6 is 22.9 Å². The van der Waals surface area contributed by atoms with E-state index in [1.54, 1.807) is 19.1 Å². The van der Waals surface area contributed by atoms with Gasteiger partial charge in [0.05, 0.1) is 17.1 Å². The summed E-state index contributed by atoms with van der Waals surface area (Å²) in [6.07, 6.45) is 0. The van der Waals surface area contributed by atoms with Gasteiger partial charge in [-0.05, 0) is 63.1 Å². The second-order valence-electron chi connectivity index (χ2n) is 7.41. The smallest absolute Gasteiger partial charge is 0.262 e. The van der Waals surface area contributed by atoms with Gasteiger partial charge in [0.1, 0.15) is 16.5 Å². The molecule has 0 atom stereocenters. The zero-order chi connectivity index (χ0) is 22.3. The lowest BCUT2D eigenvalue weighted by Crippen LogP contribution is -2.13. The first-order chi connectivity index (χ1) is 14.7. The van der Waals surface area contributed by atoms with Crippen molar-refractivity contribution in [2.45, 2.75) is 27.7 Å². The van der Waals surface area contributed by atoms with Crippen LogP contribution in [0.1, 0.15) is 32.7 Å². The van der Waals surface area contributed by atoms with Crippen LogP contribution in [-0.4, -0.2) is 20.7 Å². The molecule has 31 heavy (non-hydrogen) atoms. The van der Waals surface area contributed by atoms with Crippen LogP contribution in [0.5, 0.6) is 0 Å². The summed E-state index contributed by atoms with van der Waals surface area (Å²) >= 11 is 7.80. The van der Waals surface area contributed by atoms with E-state index < -0.39 is 5.91 Å². The number of aromatic nitrogens is 3. The number of thiazole rings is 1. The number of hydrogen-bond donors (Lipinski definition) is 1. The van der Waals surface area contributed by atoms with Gasteiger partial charge in [0.25, 0.3) is 5.91 Å². The molecule has 0 aliphatic rings. The molecular formula is C23H20ClFN4OS. The van der Waals surface area contributed by atoms with E-state index in [-0.39, 0.29) is 16.5 Å². The van der Waals surface area contributed by atoms with Gasteiger partial charge in [0, 0.05) is 10.9 Å². The van der Waals surface area contributed by atoms with Crippen molar-refractivity contribution in [3.05, 3.63) is 80.7 Å². The lowest BCUT2D eigenvalue weighted by atomic mass is 9.98. The van der Waals surface area contributed by atoms with Crippen LogP contribution < -0.4 is 5.32 Å². The van der Waals surface area contributed by atoms with Crippen molar-refractivity contribution in [1.29, 1.82) is 0 Å². The summed E-state index contributed by atoms with van der Waals surface area (Å²) in [5.74, 6) is -0.755. The first-order valence-corrected chi connectivity index (χ1v) is 10.9. The average Bonchev–Trinajstić information content (AvgIpc) is 3.25. The molecule has 4 aromatic rings. The fourth-order valence-corrected chi connectivity index (χ4v) is 4.75. The Morgan fingerprint density at radius 3 is 2.39 bits per heavy atom. The second-order valence-corrected chi connectivity index (χ2v) is 8.62. The Morgan fingerprint density at radius 1 is 1.10 bits per heavy atom. The standard InChI is InChI=1S/C23H20ClFN4OS/c1-12-9-13(2)19(14(3)10-12)18-11-31-23(26-18)27-22(30)20-15(4)28-29(21(20)24)17-7-5-16(25)6-8-17/h5-11H,1-4H3,(H,26,27,30). The van der Waals surface area contributed by atoms with Gasteiger partial charge >= 0.3 is 0 Å². The van der Waals surface area contributed by atoms with Crippen LogP contribution in [0.2, 0.25) is 5.15 Å². The molecule has 0 saturated carbocycles. The Kier molecular flexibility index (Phi) is 5.64. The molecule has 0 saturated heterocycles. The highest BCUT2D eigenvalue weighted by Gasteiger charge is 2.22. The van der Waals surface area contributed by atoms with Crippen molar-refractivity contribution in [2.24, 2.45) is 0 Å². The van der Waals surface area contributed by atoms with Crippen molar-refractivity contribution in [2.75, 3.05) is 5.32 Å². The molecule has 5 nitrogen and oxygen atoms in total. The van der Waals surface area contributed by atoms with Crippen LogP contribution in [0, 0.1) is 33.5 Å². The monoisotopic (exact) mass is 454 g/mol. The van der Waals surface area contributed by atoms with Gasteiger partial charge < -0.3 is 0 Å². The molecule has 8 heteroatoms. The summed E-state index contributed by atoms with van der Waals surface area (Å²) in [7, 11) is 0. The highest BCUT2D eigenvalue weighted by Crippen LogP contribution is 2.32. The number of anilines is 1. The molecule has 158 valence electrons. The lowest BCUT2D eigenvalue weighted by Gasteiger charge is -2.08. The number of benzene rings is 2. The SMILES string of the molecule is Cc1cc(C)c(-c2csc(NC(=O)c3c(C)nn(-c4ccc(F)cc4)c3Cl)n2)c(C)c1. The molecule has 4 rings (SSSR count). The molecule has 0 aliphatic heterocycles. The Balaban J connectivity index is 1.61. The largest absolute Gasteiger partial charge is 0.298 e. The van der Waals surface area contributed by atoms with E-state index in [1.165, 1.54) is 33.7 Å². The minimum Gasteiger partial charge on any atom is -0.298 e. The Hall–Kier alpha value is -3.03. The lowest BCUT2D eigenvalue weighted by molar-refractivity contribution is 0.102. The fraction of sp³-hybridized carbons (Fsp3) is 0.174. The maximum absolute atomic E-state index is 13.2. The number of nitrogens with zero attached hydrogens (tertiary/aromatic N) is 3. The molecule has 0 radical (unpaired) electrons. The first-order valence-electron chi connectivity index (χ1n) is 9.60. The Morgan fingerprint density at radius 2 is 1.74 bits per heavy atom. The number of carbonyl (C=O) groups excluding carboxylic acids is 1. The van der Waals surface area contributed by atoms with Crippen LogP contribution in [0.25, 0.3) is 16.9 Å². The molecule has 0 aliphatic carbocycles. The maximum atomic E-state index is 13.2. The number of amides is 1. The van der Waals surface area contributed by atoms with Gasteiger partial charge in [-0.2, -0.15) is 5.10 Å². The van der Waals surface area contributed by atoms with Crippen LogP contribution in [0.4, 0.5) is 9.52 Å². The van der Waals surface area contributed by atoms with Crippen LogP contribution in [-0.2, 0) is 0 Å². The van der Waals surface area contributed by atoms with Gasteiger partial charge in [0.15, 0.2) is 5.13 Å². The summed E-state index contributed by atoms with van der Waals surface area (Å²) in [6, 6.07) is 9.96. The van der Waals surface area contributed by atoms with E-state index in [4.69, 9.17) is 11.6 Å². The number of carbonyl (C=O) groups is 1. The van der Waals surface area contributed by atoms with Crippen molar-refractivity contribution < 1.29 is 9.18 Å². The summed E-state index contributed by atoms with van der Waals surface area (Å²) in [5.41, 5.74) is 6.65. The van der Waals surface area contributed by atoms with Crippen LogP contribution in [0.15, 0.2) is 41.8 Å². The summed E-state index contributed by atoms with van der Waals surface area (Å²) in [6.45, 7) is 7.88. The highest BCUT2D eigenvalue weighted by atomic mass is 35.5. The summed E-state index contributed by atoms with van der Waals surface area (Å²) in [4.78, 5) is 17.5. The van der Waals surface area contributed by atoms with Gasteiger partial charge in [0.2, 0.25) is 0 Å². The Bertz CT molecular complexity index is 1270. The zero-order valence-corrected chi connectivity index (χ0v) is 19.0. The number of halogens is 2. The third-order valence-electron chi connectivity index (χ3n) is 4.96. The van der Waals surface area contributed by atoms with E-state index >= 15 is 0 Å². The third-order valence-corrected chi connectivity index (χ3v) is 6.07. The topological polar surface area (TPSA) is 59.8 Å². The molecule has 0 unspecified atom stereocenters. The van der Waals surface area contributed by atoms with Crippen molar-refractivity contribution in [3.8, 4) is 16.9 Å². The Labute approximate surface area is 188 Å². The average molecular weight is 455 g/mol. The molecule has 0 fully saturated rings. The normalized spacial score (nSPS) is 11.0. The molecule has 0 spiro atoms. The highest BCUT2D eigenvalue weighted by molar-refractivity contribution is 7.14. The molecule has 2 aromatic heterocycles. The molecular weight excluding hydrogens is 435 g/mol. The molecule has 1 N–H and O–H groups in total. The van der Waals surface area contributed by atoms with Crippen LogP contribution in [0.3, 0.4) is 0 Å². The minimum absolute atomic E-state index is 0.156. The van der Waals surface area contributed by atoms with Gasteiger partial charge in [-0.25, -0.2) is 14.1 Å². The van der Waals surface area contributed by atoms with E-state index in [9.17, 15) is 9.18 Å². The van der Waals surface area contributed by atoms with Crippen molar-refractivity contribution in [3.63, 3.8) is 0 Å². The molecule has 0 bridgehead atoms. The number of nitrogens with one attached hydrogen (secondary N) is 1.